The van der Waals surface area contributed by atoms with Crippen molar-refractivity contribution in [2.24, 2.45) is 10.3 Å². The van der Waals surface area contributed by atoms with Gasteiger partial charge < -0.3 is 14.6 Å². The molecule has 0 aliphatic carbocycles. The molecule has 2 aromatic rings. The molecule has 2 amide bonds. The normalized spacial score (nSPS) is 20.7. The summed E-state index contributed by atoms with van der Waals surface area (Å²) in [4.78, 5) is 23.1. The Hall–Kier alpha value is -2.85. The number of urea groups is 1. The molecule has 4 rings (SSSR count). The van der Waals surface area contributed by atoms with E-state index in [9.17, 15) is 18.0 Å². The SMILES string of the molecule is CN(C)C(=O)N1CC(N=[N+]=[N-])(c2ccc(C3=NOC(c4cc(Cl)c(Cl)c(Cl)c4)(C(F)(F)F)C3)cc2)C1. The van der Waals surface area contributed by atoms with E-state index in [4.69, 9.17) is 45.2 Å². The number of nitrogens with zero attached hydrogens (tertiary/aromatic N) is 6. The van der Waals surface area contributed by atoms with Gasteiger partial charge in [0.2, 0.25) is 0 Å². The molecule has 0 radical (unpaired) electrons. The van der Waals surface area contributed by atoms with Crippen molar-refractivity contribution in [1.29, 1.82) is 0 Å². The van der Waals surface area contributed by atoms with Crippen molar-refractivity contribution >= 4 is 46.5 Å². The molecule has 2 aromatic carbocycles. The van der Waals surface area contributed by atoms with E-state index in [2.05, 4.69) is 15.2 Å². The molecule has 1 fully saturated rings. The summed E-state index contributed by atoms with van der Waals surface area (Å²) in [6.45, 7) is 0.347. The monoisotopic (exact) mass is 560 g/mol. The highest BCUT2D eigenvalue weighted by Gasteiger charge is 2.62. The number of oxime groups is 1. The van der Waals surface area contributed by atoms with Crippen LogP contribution in [-0.2, 0) is 16.0 Å². The highest BCUT2D eigenvalue weighted by molar-refractivity contribution is 6.48. The Bertz CT molecular complexity index is 1270. The van der Waals surface area contributed by atoms with Crippen LogP contribution in [0.3, 0.4) is 0 Å². The number of carbonyl (C=O) groups excluding carboxylic acids is 1. The number of hydrogen-bond acceptors (Lipinski definition) is 4. The maximum atomic E-state index is 14.3. The predicted molar refractivity (Wildman–Crippen MR) is 129 cm³/mol. The third-order valence-electron chi connectivity index (χ3n) is 6.19. The molecule has 0 bridgehead atoms. The molecule has 0 spiro atoms. The summed E-state index contributed by atoms with van der Waals surface area (Å²) < 4.78 is 42.8. The van der Waals surface area contributed by atoms with E-state index in [1.807, 2.05) is 0 Å². The molecular formula is C22H18Cl3F3N6O2. The van der Waals surface area contributed by atoms with Gasteiger partial charge in [0, 0.05) is 44.1 Å². The smallest absolute Gasteiger partial charge is 0.374 e. The zero-order valence-corrected chi connectivity index (χ0v) is 21.1. The van der Waals surface area contributed by atoms with Crippen molar-refractivity contribution in [3.63, 3.8) is 0 Å². The number of likely N-dealkylation sites (tertiary alicyclic amines) is 1. The van der Waals surface area contributed by atoms with Crippen LogP contribution in [0.1, 0.15) is 23.1 Å². The van der Waals surface area contributed by atoms with Crippen LogP contribution in [0.25, 0.3) is 10.4 Å². The van der Waals surface area contributed by atoms with Crippen molar-refractivity contribution in [1.82, 2.24) is 9.80 Å². The quantitative estimate of drug-likeness (QED) is 0.179. The molecule has 0 aromatic heterocycles. The zero-order chi connectivity index (χ0) is 26.5. The van der Waals surface area contributed by atoms with Gasteiger partial charge >= 0.3 is 12.2 Å². The van der Waals surface area contributed by atoms with Gasteiger partial charge in [-0.25, -0.2) is 4.79 Å². The van der Waals surface area contributed by atoms with E-state index < -0.39 is 23.7 Å². The number of azide groups is 1. The third kappa shape index (κ3) is 4.30. The van der Waals surface area contributed by atoms with Crippen molar-refractivity contribution < 1.29 is 22.8 Å². The molecule has 36 heavy (non-hydrogen) atoms. The number of alkyl halides is 3. The molecule has 8 nitrogen and oxygen atoms in total. The molecule has 2 heterocycles. The summed E-state index contributed by atoms with van der Waals surface area (Å²) in [5.41, 5.74) is 6.01. The minimum Gasteiger partial charge on any atom is -0.374 e. The Morgan fingerprint density at radius 2 is 1.72 bits per heavy atom. The summed E-state index contributed by atoms with van der Waals surface area (Å²) in [6.07, 6.45) is -5.48. The van der Waals surface area contributed by atoms with Gasteiger partial charge in [0.1, 0.15) is 5.54 Å². The van der Waals surface area contributed by atoms with Crippen molar-refractivity contribution in [2.75, 3.05) is 27.2 Å². The van der Waals surface area contributed by atoms with Crippen LogP contribution in [0.4, 0.5) is 18.0 Å². The van der Waals surface area contributed by atoms with Crippen LogP contribution < -0.4 is 0 Å². The van der Waals surface area contributed by atoms with Gasteiger partial charge in [-0.3, -0.25) is 0 Å². The van der Waals surface area contributed by atoms with Crippen LogP contribution in [0.15, 0.2) is 46.7 Å². The molecule has 2 aliphatic heterocycles. The van der Waals surface area contributed by atoms with Crippen LogP contribution >= 0.6 is 34.8 Å². The van der Waals surface area contributed by atoms with Crippen LogP contribution in [0.5, 0.6) is 0 Å². The van der Waals surface area contributed by atoms with Gasteiger partial charge in [0.15, 0.2) is 0 Å². The second kappa shape index (κ2) is 9.23. The fourth-order valence-corrected chi connectivity index (χ4v) is 4.81. The van der Waals surface area contributed by atoms with E-state index in [1.165, 1.54) is 9.80 Å². The lowest BCUT2D eigenvalue weighted by molar-refractivity contribution is -0.275. The summed E-state index contributed by atoms with van der Waals surface area (Å²) in [6, 6.07) is 8.30. The van der Waals surface area contributed by atoms with Gasteiger partial charge in [0.05, 0.1) is 20.8 Å². The molecule has 1 unspecified atom stereocenters. The standard InChI is InChI=1S/C22H18Cl3F3N6O2/c1-33(2)19(35)34-10-20(11-34,31-32-29)13-5-3-12(4-6-13)17-9-21(36-30-17,22(26,27)28)14-7-15(23)18(25)16(24)8-14/h3-8H,9-11H2,1-2H3. The summed E-state index contributed by atoms with van der Waals surface area (Å²) in [5, 5.41) is 7.28. The minimum atomic E-state index is -4.85. The van der Waals surface area contributed by atoms with Crippen LogP contribution in [-0.4, -0.2) is 54.9 Å². The van der Waals surface area contributed by atoms with E-state index in [0.29, 0.717) is 11.1 Å². The molecule has 2 aliphatic rings. The second-order valence-corrected chi connectivity index (χ2v) is 9.91. The molecule has 1 atom stereocenters. The zero-order valence-electron chi connectivity index (χ0n) is 18.9. The molecule has 1 saturated heterocycles. The van der Waals surface area contributed by atoms with Crippen LogP contribution in [0, 0.1) is 0 Å². The maximum absolute atomic E-state index is 14.3. The topological polar surface area (TPSA) is 93.9 Å². The van der Waals surface area contributed by atoms with E-state index in [-0.39, 0.29) is 45.5 Å². The first-order chi connectivity index (χ1) is 16.8. The fourth-order valence-electron chi connectivity index (χ4n) is 4.21. The summed E-state index contributed by atoms with van der Waals surface area (Å²) >= 11 is 17.9. The van der Waals surface area contributed by atoms with E-state index in [0.717, 1.165) is 12.1 Å². The lowest BCUT2D eigenvalue weighted by Gasteiger charge is -2.48. The highest BCUT2D eigenvalue weighted by atomic mass is 35.5. The average Bonchev–Trinajstić information content (AvgIpc) is 3.26. The first kappa shape index (κ1) is 26.2. The highest BCUT2D eigenvalue weighted by Crippen LogP contribution is 2.50. The predicted octanol–water partition coefficient (Wildman–Crippen LogP) is 6.73. The Labute approximate surface area is 218 Å². The van der Waals surface area contributed by atoms with Gasteiger partial charge in [-0.15, -0.1) is 0 Å². The number of benzene rings is 2. The number of rotatable bonds is 4. The third-order valence-corrected chi connectivity index (χ3v) is 7.38. The maximum Gasteiger partial charge on any atom is 0.435 e. The lowest BCUT2D eigenvalue weighted by atomic mass is 9.82. The van der Waals surface area contributed by atoms with E-state index in [1.54, 1.807) is 38.4 Å². The molecule has 14 heteroatoms. The Balaban J connectivity index is 1.60. The molecule has 0 N–H and O–H groups in total. The van der Waals surface area contributed by atoms with Gasteiger partial charge in [-0.05, 0) is 28.8 Å². The average molecular weight is 562 g/mol. The van der Waals surface area contributed by atoms with E-state index >= 15 is 0 Å². The largest absolute Gasteiger partial charge is 0.435 e. The number of amides is 2. The summed E-state index contributed by atoms with van der Waals surface area (Å²) in [7, 11) is 3.23. The van der Waals surface area contributed by atoms with Crippen molar-refractivity contribution in [3.8, 4) is 0 Å². The number of carbonyl (C=O) groups is 1. The fraction of sp³-hybridized carbons (Fsp3) is 0.364. The number of halogens is 6. The van der Waals surface area contributed by atoms with Gasteiger partial charge in [0.25, 0.3) is 5.60 Å². The first-order valence-electron chi connectivity index (χ1n) is 10.4. The Morgan fingerprint density at radius 1 is 1.14 bits per heavy atom. The number of hydrogen-bond donors (Lipinski definition) is 0. The van der Waals surface area contributed by atoms with Crippen LogP contribution in [0.2, 0.25) is 15.1 Å². The minimum absolute atomic E-state index is 0.0527. The molecular weight excluding hydrogens is 544 g/mol. The Kier molecular flexibility index (Phi) is 6.72. The second-order valence-electron chi connectivity index (χ2n) is 8.72. The first-order valence-corrected chi connectivity index (χ1v) is 11.6. The van der Waals surface area contributed by atoms with Crippen molar-refractivity contribution in [3.05, 3.63) is 78.6 Å². The molecule has 0 saturated carbocycles. The van der Waals surface area contributed by atoms with Gasteiger partial charge in [-0.2, -0.15) is 13.2 Å². The Morgan fingerprint density at radius 3 is 2.22 bits per heavy atom. The summed E-state index contributed by atoms with van der Waals surface area (Å²) in [5.74, 6) is 0. The molecule has 190 valence electrons. The lowest BCUT2D eigenvalue weighted by Crippen LogP contribution is -2.62. The van der Waals surface area contributed by atoms with Crippen molar-refractivity contribution in [2.45, 2.75) is 23.7 Å². The van der Waals surface area contributed by atoms with Gasteiger partial charge in [-0.1, -0.05) is 69.3 Å².